The summed E-state index contributed by atoms with van der Waals surface area (Å²) in [6, 6.07) is 2.17. The molecule has 2 heteroatoms. The largest absolute Gasteiger partial charge is 0.306 e. The van der Waals surface area contributed by atoms with E-state index in [1.807, 2.05) is 0 Å². The average molecular weight is 182 g/mol. The molecule has 0 fully saturated rings. The van der Waals surface area contributed by atoms with Crippen molar-refractivity contribution in [3.8, 4) is 6.07 Å². The monoisotopic (exact) mass is 182 g/mol. The highest BCUT2D eigenvalue weighted by Gasteiger charge is 2.03. The summed E-state index contributed by atoms with van der Waals surface area (Å²) in [4.78, 5) is 2.37. The molecule has 0 aliphatic carbocycles. The normalized spacial score (nSPS) is 12.8. The zero-order valence-corrected chi connectivity index (χ0v) is 9.21. The van der Waals surface area contributed by atoms with Gasteiger partial charge in [0.15, 0.2) is 0 Å². The maximum Gasteiger partial charge on any atom is 0.0621 e. The van der Waals surface area contributed by atoms with Crippen molar-refractivity contribution in [3.63, 3.8) is 0 Å². The Kier molecular flexibility index (Phi) is 7.73. The van der Waals surface area contributed by atoms with E-state index in [2.05, 4.69) is 31.9 Å². The van der Waals surface area contributed by atoms with Gasteiger partial charge in [0.25, 0.3) is 0 Å². The van der Waals surface area contributed by atoms with E-state index < -0.39 is 0 Å². The zero-order valence-electron chi connectivity index (χ0n) is 9.21. The molecule has 0 saturated heterocycles. The van der Waals surface area contributed by atoms with Crippen molar-refractivity contribution in [2.24, 2.45) is 5.92 Å². The maximum absolute atomic E-state index is 8.35. The van der Waals surface area contributed by atoms with Crippen molar-refractivity contribution in [2.45, 2.75) is 39.5 Å². The molecule has 0 N–H and O–H groups in total. The molecular formula is C11H22N2. The minimum Gasteiger partial charge on any atom is -0.306 e. The van der Waals surface area contributed by atoms with Crippen molar-refractivity contribution in [1.82, 2.24) is 4.90 Å². The van der Waals surface area contributed by atoms with Gasteiger partial charge >= 0.3 is 0 Å². The summed E-state index contributed by atoms with van der Waals surface area (Å²) in [6.07, 6.45) is 4.15. The highest BCUT2D eigenvalue weighted by molar-refractivity contribution is 4.68. The molecule has 13 heavy (non-hydrogen) atoms. The van der Waals surface area contributed by atoms with E-state index in [4.69, 9.17) is 5.26 Å². The zero-order chi connectivity index (χ0) is 10.1. The standard InChI is InChI=1S/C11H22N2/c1-4-11(2)10-13(3)9-7-5-6-8-12/h11H,4-7,9-10H2,1-3H3. The topological polar surface area (TPSA) is 27.0 Å². The first-order chi connectivity index (χ1) is 6.20. The third-order valence-corrected chi connectivity index (χ3v) is 2.40. The maximum atomic E-state index is 8.35. The van der Waals surface area contributed by atoms with Gasteiger partial charge in [-0.3, -0.25) is 0 Å². The quantitative estimate of drug-likeness (QED) is 0.566. The third kappa shape index (κ3) is 7.80. The number of rotatable bonds is 7. The fourth-order valence-electron chi connectivity index (χ4n) is 1.34. The third-order valence-electron chi connectivity index (χ3n) is 2.40. The van der Waals surface area contributed by atoms with E-state index in [1.165, 1.54) is 13.0 Å². The molecule has 1 atom stereocenters. The summed E-state index contributed by atoms with van der Waals surface area (Å²) < 4.78 is 0. The summed E-state index contributed by atoms with van der Waals surface area (Å²) in [5.41, 5.74) is 0. The predicted molar refractivity (Wildman–Crippen MR) is 56.4 cm³/mol. The molecule has 0 aromatic rings. The van der Waals surface area contributed by atoms with Gasteiger partial charge < -0.3 is 4.90 Å². The van der Waals surface area contributed by atoms with Crippen molar-refractivity contribution in [2.75, 3.05) is 20.1 Å². The van der Waals surface area contributed by atoms with E-state index >= 15 is 0 Å². The Morgan fingerprint density at radius 2 is 2.08 bits per heavy atom. The van der Waals surface area contributed by atoms with Gasteiger partial charge in [-0.15, -0.1) is 0 Å². The average Bonchev–Trinajstić information content (AvgIpc) is 2.12. The van der Waals surface area contributed by atoms with Crippen molar-refractivity contribution in [3.05, 3.63) is 0 Å². The minimum atomic E-state index is 0.706. The van der Waals surface area contributed by atoms with Crippen LogP contribution in [0, 0.1) is 17.2 Å². The number of hydrogen-bond acceptors (Lipinski definition) is 2. The SMILES string of the molecule is CCC(C)CN(C)CCCCC#N. The molecule has 0 rings (SSSR count). The molecule has 2 nitrogen and oxygen atoms in total. The van der Waals surface area contributed by atoms with Gasteiger partial charge in [-0.25, -0.2) is 0 Å². The fourth-order valence-corrected chi connectivity index (χ4v) is 1.34. The molecule has 0 amide bonds. The van der Waals surface area contributed by atoms with Gasteiger partial charge in [0.2, 0.25) is 0 Å². The first kappa shape index (κ1) is 12.4. The van der Waals surface area contributed by atoms with Crippen LogP contribution in [0.3, 0.4) is 0 Å². The summed E-state index contributed by atoms with van der Waals surface area (Å²) in [5, 5.41) is 8.35. The van der Waals surface area contributed by atoms with Crippen LogP contribution in [0.15, 0.2) is 0 Å². The Labute approximate surface area is 82.5 Å². The number of nitrogens with zero attached hydrogens (tertiary/aromatic N) is 2. The summed E-state index contributed by atoms with van der Waals surface area (Å²) in [7, 11) is 2.17. The van der Waals surface area contributed by atoms with E-state index in [9.17, 15) is 0 Å². The molecule has 0 bridgehead atoms. The Morgan fingerprint density at radius 1 is 1.38 bits per heavy atom. The van der Waals surface area contributed by atoms with Gasteiger partial charge in [-0.2, -0.15) is 5.26 Å². The molecule has 0 saturated carbocycles. The lowest BCUT2D eigenvalue weighted by Gasteiger charge is -2.19. The molecule has 0 radical (unpaired) electrons. The second-order valence-corrected chi connectivity index (χ2v) is 3.89. The molecular weight excluding hydrogens is 160 g/mol. The highest BCUT2D eigenvalue weighted by Crippen LogP contribution is 2.04. The first-order valence-corrected chi connectivity index (χ1v) is 5.26. The molecule has 0 aliphatic heterocycles. The van der Waals surface area contributed by atoms with Crippen molar-refractivity contribution in [1.29, 1.82) is 5.26 Å². The Balaban J connectivity index is 3.30. The highest BCUT2D eigenvalue weighted by atomic mass is 15.1. The molecule has 0 heterocycles. The van der Waals surface area contributed by atoms with E-state index in [1.54, 1.807) is 0 Å². The fraction of sp³-hybridized carbons (Fsp3) is 0.909. The van der Waals surface area contributed by atoms with Crippen LogP contribution in [0.5, 0.6) is 0 Å². The molecule has 0 aromatic heterocycles. The summed E-state index contributed by atoms with van der Waals surface area (Å²) in [6.45, 7) is 6.83. The van der Waals surface area contributed by atoms with Crippen molar-refractivity contribution < 1.29 is 0 Å². The second kappa shape index (κ2) is 8.07. The summed E-state index contributed by atoms with van der Waals surface area (Å²) in [5.74, 6) is 0.793. The van der Waals surface area contributed by atoms with Gasteiger partial charge in [0, 0.05) is 13.0 Å². The van der Waals surface area contributed by atoms with Gasteiger partial charge in [0.1, 0.15) is 0 Å². The summed E-state index contributed by atoms with van der Waals surface area (Å²) >= 11 is 0. The lowest BCUT2D eigenvalue weighted by Crippen LogP contribution is -2.25. The molecule has 1 unspecified atom stereocenters. The Hall–Kier alpha value is -0.550. The van der Waals surface area contributed by atoms with Gasteiger partial charge in [-0.1, -0.05) is 20.3 Å². The number of nitriles is 1. The Bertz CT molecular complexity index is 149. The second-order valence-electron chi connectivity index (χ2n) is 3.89. The van der Waals surface area contributed by atoms with E-state index in [0.717, 1.165) is 25.3 Å². The number of hydrogen-bond donors (Lipinski definition) is 0. The molecule has 0 spiro atoms. The van der Waals surface area contributed by atoms with Crippen LogP contribution in [0.2, 0.25) is 0 Å². The van der Waals surface area contributed by atoms with Crippen LogP contribution in [-0.2, 0) is 0 Å². The van der Waals surface area contributed by atoms with Crippen LogP contribution in [0.25, 0.3) is 0 Å². The van der Waals surface area contributed by atoms with Crippen LogP contribution < -0.4 is 0 Å². The smallest absolute Gasteiger partial charge is 0.0621 e. The lowest BCUT2D eigenvalue weighted by molar-refractivity contribution is 0.277. The lowest BCUT2D eigenvalue weighted by atomic mass is 10.1. The number of unbranched alkanes of at least 4 members (excludes halogenated alkanes) is 2. The molecule has 0 aliphatic rings. The predicted octanol–water partition coefficient (Wildman–Crippen LogP) is 2.66. The van der Waals surface area contributed by atoms with Crippen LogP contribution >= 0.6 is 0 Å². The molecule has 76 valence electrons. The van der Waals surface area contributed by atoms with Crippen LogP contribution in [-0.4, -0.2) is 25.0 Å². The van der Waals surface area contributed by atoms with E-state index in [0.29, 0.717) is 6.42 Å². The van der Waals surface area contributed by atoms with Crippen LogP contribution in [0.4, 0.5) is 0 Å². The van der Waals surface area contributed by atoms with Gasteiger partial charge in [0.05, 0.1) is 6.07 Å². The first-order valence-electron chi connectivity index (χ1n) is 5.26. The van der Waals surface area contributed by atoms with Crippen LogP contribution in [0.1, 0.15) is 39.5 Å². The van der Waals surface area contributed by atoms with E-state index in [-0.39, 0.29) is 0 Å². The van der Waals surface area contributed by atoms with Gasteiger partial charge in [-0.05, 0) is 32.4 Å². The minimum absolute atomic E-state index is 0.706. The van der Waals surface area contributed by atoms with Crippen molar-refractivity contribution >= 4 is 0 Å². The molecule has 0 aromatic carbocycles. The Morgan fingerprint density at radius 3 is 2.62 bits per heavy atom.